The van der Waals surface area contributed by atoms with Crippen molar-refractivity contribution in [2.75, 3.05) is 13.2 Å². The molecule has 1 fully saturated rings. The second kappa shape index (κ2) is 15.3. The molecule has 0 amide bonds. The van der Waals surface area contributed by atoms with Crippen LogP contribution in [0, 0.1) is 17.3 Å². The first-order valence-corrected chi connectivity index (χ1v) is 13.0. The van der Waals surface area contributed by atoms with Crippen molar-refractivity contribution in [1.82, 2.24) is 0 Å². The summed E-state index contributed by atoms with van der Waals surface area (Å²) in [6, 6.07) is 7.00. The van der Waals surface area contributed by atoms with E-state index in [1.54, 1.807) is 6.92 Å². The first-order chi connectivity index (χ1) is 17.3. The van der Waals surface area contributed by atoms with E-state index in [-0.39, 0.29) is 12.3 Å². The van der Waals surface area contributed by atoms with Gasteiger partial charge >= 0.3 is 11.9 Å². The Morgan fingerprint density at radius 1 is 1.08 bits per heavy atom. The molecule has 2 atom stereocenters. The number of carbonyl (C=O) groups is 2. The molecule has 0 aliphatic heterocycles. The molecule has 1 aromatic rings. The lowest BCUT2D eigenvalue weighted by Crippen LogP contribution is -2.29. The number of carboxylic acids is 2. The fraction of sp³-hybridized carbons (Fsp3) is 0.586. The molecule has 0 heterocycles. The average Bonchev–Trinajstić information content (AvgIpc) is 3.30. The lowest BCUT2D eigenvalue weighted by molar-refractivity contribution is -0.139. The van der Waals surface area contributed by atoms with E-state index >= 15 is 0 Å². The molecule has 0 radical (unpaired) electrons. The molecule has 7 nitrogen and oxygen atoms in total. The van der Waals surface area contributed by atoms with Crippen molar-refractivity contribution >= 4 is 11.9 Å². The smallest absolute Gasteiger partial charge is 0.320 e. The molecule has 36 heavy (non-hydrogen) atoms. The van der Waals surface area contributed by atoms with E-state index in [1.165, 1.54) is 44.1 Å². The van der Waals surface area contributed by atoms with Crippen LogP contribution in [0.5, 0.6) is 5.75 Å². The number of aliphatic carboxylic acids is 2. The molecule has 2 aliphatic rings. The SMILES string of the molecule is CC#C[C@@H](CC(=O)O)c1ccc(OCC2=CC3(CCCC3)CCC2)cc1.NCCCC[C@H](N)C(=O)O. The Kier molecular flexibility index (Phi) is 12.5. The molecule has 1 aromatic carbocycles. The number of allylic oxidation sites excluding steroid dienone is 1. The minimum Gasteiger partial charge on any atom is -0.489 e. The third kappa shape index (κ3) is 10.0. The first kappa shape index (κ1) is 29.4. The molecule has 3 rings (SSSR count). The normalized spacial score (nSPS) is 17.6. The van der Waals surface area contributed by atoms with Crippen LogP contribution in [0.2, 0.25) is 0 Å². The second-order valence-electron chi connectivity index (χ2n) is 9.86. The van der Waals surface area contributed by atoms with Gasteiger partial charge in [-0.25, -0.2) is 0 Å². The van der Waals surface area contributed by atoms with Gasteiger partial charge in [0.25, 0.3) is 0 Å². The van der Waals surface area contributed by atoms with Crippen LogP contribution in [-0.2, 0) is 9.59 Å². The number of hydrogen-bond acceptors (Lipinski definition) is 5. The van der Waals surface area contributed by atoms with Crippen molar-refractivity contribution in [3.05, 3.63) is 41.5 Å². The fourth-order valence-corrected chi connectivity index (χ4v) is 5.04. The van der Waals surface area contributed by atoms with Gasteiger partial charge in [-0.15, -0.1) is 5.92 Å². The van der Waals surface area contributed by atoms with Crippen LogP contribution in [0.4, 0.5) is 0 Å². The lowest BCUT2D eigenvalue weighted by Gasteiger charge is -2.31. The van der Waals surface area contributed by atoms with Crippen molar-refractivity contribution in [2.45, 2.75) is 89.5 Å². The molecule has 7 heteroatoms. The Bertz CT molecular complexity index is 923. The summed E-state index contributed by atoms with van der Waals surface area (Å²) in [5.41, 5.74) is 13.2. The van der Waals surface area contributed by atoms with Gasteiger partial charge in [0, 0.05) is 0 Å². The molecule has 198 valence electrons. The maximum atomic E-state index is 11.0. The van der Waals surface area contributed by atoms with E-state index in [9.17, 15) is 9.59 Å². The van der Waals surface area contributed by atoms with E-state index in [4.69, 9.17) is 26.4 Å². The minimum absolute atomic E-state index is 0.0238. The zero-order valence-corrected chi connectivity index (χ0v) is 21.5. The fourth-order valence-electron chi connectivity index (χ4n) is 5.04. The molecule has 0 bridgehead atoms. The van der Waals surface area contributed by atoms with Crippen LogP contribution in [-0.4, -0.2) is 41.3 Å². The van der Waals surface area contributed by atoms with Crippen LogP contribution >= 0.6 is 0 Å². The van der Waals surface area contributed by atoms with Crippen molar-refractivity contribution < 1.29 is 24.5 Å². The van der Waals surface area contributed by atoms with Crippen molar-refractivity contribution in [1.29, 1.82) is 0 Å². The van der Waals surface area contributed by atoms with Crippen LogP contribution in [0.25, 0.3) is 0 Å². The molecule has 2 aliphatic carbocycles. The van der Waals surface area contributed by atoms with Crippen LogP contribution in [0.3, 0.4) is 0 Å². The zero-order valence-electron chi connectivity index (χ0n) is 21.5. The van der Waals surface area contributed by atoms with Gasteiger partial charge in [0.2, 0.25) is 0 Å². The quantitative estimate of drug-likeness (QED) is 0.195. The van der Waals surface area contributed by atoms with Crippen molar-refractivity contribution in [3.63, 3.8) is 0 Å². The number of nitrogens with two attached hydrogens (primary N) is 2. The molecular weight excluding hydrogens is 456 g/mol. The van der Waals surface area contributed by atoms with Gasteiger partial charge in [-0.05, 0) is 87.1 Å². The van der Waals surface area contributed by atoms with Crippen molar-refractivity contribution in [2.24, 2.45) is 16.9 Å². The van der Waals surface area contributed by atoms with E-state index in [0.29, 0.717) is 25.0 Å². The molecule has 0 aromatic heterocycles. The van der Waals surface area contributed by atoms with Gasteiger partial charge in [0.1, 0.15) is 18.4 Å². The van der Waals surface area contributed by atoms with Gasteiger partial charge in [0.05, 0.1) is 12.3 Å². The third-order valence-electron chi connectivity index (χ3n) is 6.97. The Morgan fingerprint density at radius 2 is 1.75 bits per heavy atom. The summed E-state index contributed by atoms with van der Waals surface area (Å²) >= 11 is 0. The van der Waals surface area contributed by atoms with Gasteiger partial charge in [-0.1, -0.05) is 43.4 Å². The van der Waals surface area contributed by atoms with Gasteiger partial charge in [0.15, 0.2) is 0 Å². The summed E-state index contributed by atoms with van der Waals surface area (Å²) in [6.07, 6.45) is 13.9. The van der Waals surface area contributed by atoms with Crippen molar-refractivity contribution in [3.8, 4) is 17.6 Å². The van der Waals surface area contributed by atoms with Crippen LogP contribution < -0.4 is 16.2 Å². The average molecular weight is 499 g/mol. The van der Waals surface area contributed by atoms with E-state index in [0.717, 1.165) is 30.6 Å². The number of carboxylic acid groups (broad SMARTS) is 2. The molecule has 0 unspecified atom stereocenters. The first-order valence-electron chi connectivity index (χ1n) is 13.0. The van der Waals surface area contributed by atoms with E-state index in [2.05, 4.69) is 17.9 Å². The highest BCUT2D eigenvalue weighted by atomic mass is 16.5. The van der Waals surface area contributed by atoms with Gasteiger partial charge in [-0.3, -0.25) is 9.59 Å². The molecule has 1 saturated carbocycles. The highest BCUT2D eigenvalue weighted by molar-refractivity contribution is 5.72. The summed E-state index contributed by atoms with van der Waals surface area (Å²) in [5, 5.41) is 17.4. The number of hydrogen-bond donors (Lipinski definition) is 4. The highest BCUT2D eigenvalue weighted by Gasteiger charge is 2.33. The zero-order chi connectivity index (χ0) is 26.4. The predicted octanol–water partition coefficient (Wildman–Crippen LogP) is 4.85. The molecule has 1 spiro atoms. The monoisotopic (exact) mass is 498 g/mol. The standard InChI is InChI=1S/C23H28O3.C6H14N2O2/c1-2-6-20(15-22(24)25)19-8-10-21(11-9-19)26-17-18-7-5-14-23(16-18)12-3-4-13-23;7-4-2-1-3-5(8)6(9)10/h8-11,16,20H,3-5,7,12-15,17H2,1H3,(H,24,25);5H,1-4,7-8H2,(H,9,10)/t20-;5-/m00/s1. The molecular formula is C29H42N2O5. The lowest BCUT2D eigenvalue weighted by atomic mass is 9.75. The Balaban J connectivity index is 0.000000388. The Labute approximate surface area is 215 Å². The summed E-state index contributed by atoms with van der Waals surface area (Å²) in [6.45, 7) is 3.00. The second-order valence-corrected chi connectivity index (χ2v) is 9.86. The third-order valence-corrected chi connectivity index (χ3v) is 6.97. The van der Waals surface area contributed by atoms with E-state index in [1.807, 2.05) is 24.3 Å². The Hall–Kier alpha value is -2.82. The summed E-state index contributed by atoms with van der Waals surface area (Å²) in [5.74, 6) is 4.61. The highest BCUT2D eigenvalue weighted by Crippen LogP contribution is 2.47. The van der Waals surface area contributed by atoms with Crippen LogP contribution in [0.1, 0.15) is 89.0 Å². The minimum atomic E-state index is -0.933. The molecule has 6 N–H and O–H groups in total. The van der Waals surface area contributed by atoms with Crippen LogP contribution in [0.15, 0.2) is 35.9 Å². The topological polar surface area (TPSA) is 136 Å². The number of ether oxygens (including phenoxy) is 1. The molecule has 0 saturated heterocycles. The number of benzene rings is 1. The summed E-state index contributed by atoms with van der Waals surface area (Å²) in [7, 11) is 0. The van der Waals surface area contributed by atoms with Gasteiger partial charge < -0.3 is 26.4 Å². The predicted molar refractivity (Wildman–Crippen MR) is 142 cm³/mol. The largest absolute Gasteiger partial charge is 0.489 e. The van der Waals surface area contributed by atoms with Gasteiger partial charge in [-0.2, -0.15) is 0 Å². The maximum absolute atomic E-state index is 11.0. The summed E-state index contributed by atoms with van der Waals surface area (Å²) < 4.78 is 6.00. The maximum Gasteiger partial charge on any atom is 0.320 e. The number of unbranched alkanes of at least 4 members (excludes halogenated alkanes) is 1. The van der Waals surface area contributed by atoms with E-state index < -0.39 is 18.0 Å². The number of rotatable bonds is 11. The Morgan fingerprint density at radius 3 is 2.33 bits per heavy atom. The summed E-state index contributed by atoms with van der Waals surface area (Å²) in [4.78, 5) is 21.1.